The summed E-state index contributed by atoms with van der Waals surface area (Å²) in [6.07, 6.45) is 0. The van der Waals surface area contributed by atoms with Crippen molar-refractivity contribution in [1.29, 1.82) is 0 Å². The van der Waals surface area contributed by atoms with Gasteiger partial charge in [-0.2, -0.15) is 0 Å². The number of aryl methyl sites for hydroxylation is 3. The fraction of sp³-hybridized carbons (Fsp3) is 0.350. The van der Waals surface area contributed by atoms with Gasteiger partial charge in [0.1, 0.15) is 0 Å². The quantitative estimate of drug-likeness (QED) is 0.908. The second-order valence-electron chi connectivity index (χ2n) is 6.49. The van der Waals surface area contributed by atoms with Crippen LogP contribution in [0.15, 0.2) is 42.5 Å². The highest BCUT2D eigenvalue weighted by molar-refractivity contribution is 5.90. The first-order valence-electron chi connectivity index (χ1n) is 8.48. The molecule has 24 heavy (non-hydrogen) atoms. The van der Waals surface area contributed by atoms with Gasteiger partial charge in [-0.25, -0.2) is 4.79 Å². The molecule has 0 atom stereocenters. The van der Waals surface area contributed by atoms with Gasteiger partial charge in [0.2, 0.25) is 0 Å². The zero-order valence-electron chi connectivity index (χ0n) is 14.7. The van der Waals surface area contributed by atoms with Crippen LogP contribution in [-0.4, -0.2) is 37.1 Å². The molecule has 1 fully saturated rings. The van der Waals surface area contributed by atoms with Gasteiger partial charge in [0, 0.05) is 37.6 Å². The van der Waals surface area contributed by atoms with E-state index in [1.807, 2.05) is 17.9 Å². The molecule has 0 saturated carbocycles. The molecule has 0 bridgehead atoms. The number of benzene rings is 2. The Morgan fingerprint density at radius 1 is 0.875 bits per heavy atom. The molecule has 0 aromatic heterocycles. The SMILES string of the molecule is Cc1cc(C)c(NC(=O)N2CCN(c3ccccc3)CC2)cc1C. The molecule has 126 valence electrons. The molecule has 0 radical (unpaired) electrons. The van der Waals surface area contributed by atoms with Gasteiger partial charge in [0.25, 0.3) is 0 Å². The van der Waals surface area contributed by atoms with Crippen molar-refractivity contribution < 1.29 is 4.79 Å². The first-order valence-corrected chi connectivity index (χ1v) is 8.48. The van der Waals surface area contributed by atoms with Crippen LogP contribution in [0.3, 0.4) is 0 Å². The zero-order valence-corrected chi connectivity index (χ0v) is 14.7. The lowest BCUT2D eigenvalue weighted by Crippen LogP contribution is -2.50. The number of hydrogen-bond acceptors (Lipinski definition) is 2. The molecule has 4 heteroatoms. The Bertz CT molecular complexity index is 719. The molecular formula is C20H25N3O. The maximum atomic E-state index is 12.6. The molecule has 0 aliphatic carbocycles. The molecule has 4 nitrogen and oxygen atoms in total. The molecule has 2 aromatic rings. The number of nitrogens with one attached hydrogen (secondary N) is 1. The van der Waals surface area contributed by atoms with Crippen LogP contribution in [0.4, 0.5) is 16.2 Å². The van der Waals surface area contributed by atoms with E-state index in [4.69, 9.17) is 0 Å². The lowest BCUT2D eigenvalue weighted by molar-refractivity contribution is 0.208. The summed E-state index contributed by atoms with van der Waals surface area (Å²) < 4.78 is 0. The number of carbonyl (C=O) groups excluding carboxylic acids is 1. The number of anilines is 2. The Morgan fingerprint density at radius 2 is 1.50 bits per heavy atom. The molecule has 1 heterocycles. The Labute approximate surface area is 144 Å². The van der Waals surface area contributed by atoms with Crippen molar-refractivity contribution in [3.05, 3.63) is 59.2 Å². The van der Waals surface area contributed by atoms with E-state index in [-0.39, 0.29) is 6.03 Å². The predicted molar refractivity (Wildman–Crippen MR) is 99.9 cm³/mol. The van der Waals surface area contributed by atoms with Gasteiger partial charge in [-0.3, -0.25) is 0 Å². The van der Waals surface area contributed by atoms with Gasteiger partial charge >= 0.3 is 6.03 Å². The summed E-state index contributed by atoms with van der Waals surface area (Å²) in [4.78, 5) is 16.8. The van der Waals surface area contributed by atoms with E-state index in [2.05, 4.69) is 60.5 Å². The average molecular weight is 323 g/mol. The number of rotatable bonds is 2. The van der Waals surface area contributed by atoms with Gasteiger partial charge in [-0.15, -0.1) is 0 Å². The molecular weight excluding hydrogens is 298 g/mol. The number of carbonyl (C=O) groups is 1. The van der Waals surface area contributed by atoms with Crippen molar-refractivity contribution >= 4 is 17.4 Å². The fourth-order valence-electron chi connectivity index (χ4n) is 3.10. The van der Waals surface area contributed by atoms with Crippen molar-refractivity contribution in [1.82, 2.24) is 4.90 Å². The minimum atomic E-state index is -0.00550. The van der Waals surface area contributed by atoms with Crippen LogP contribution in [0, 0.1) is 20.8 Å². The third-order valence-electron chi connectivity index (χ3n) is 4.77. The summed E-state index contributed by atoms with van der Waals surface area (Å²) in [5.41, 5.74) is 5.69. The van der Waals surface area contributed by atoms with E-state index >= 15 is 0 Å². The number of amides is 2. The smallest absolute Gasteiger partial charge is 0.321 e. The molecule has 3 rings (SSSR count). The van der Waals surface area contributed by atoms with Crippen molar-refractivity contribution in [3.8, 4) is 0 Å². The normalized spacial score (nSPS) is 14.6. The summed E-state index contributed by atoms with van der Waals surface area (Å²) in [5.74, 6) is 0. The molecule has 2 amide bonds. The van der Waals surface area contributed by atoms with Crippen molar-refractivity contribution in [2.45, 2.75) is 20.8 Å². The van der Waals surface area contributed by atoms with Crippen molar-refractivity contribution in [3.63, 3.8) is 0 Å². The molecule has 1 aliphatic rings. The third-order valence-corrected chi connectivity index (χ3v) is 4.77. The monoisotopic (exact) mass is 323 g/mol. The standard InChI is InChI=1S/C20H25N3O/c1-15-13-17(3)19(14-16(15)2)21-20(24)23-11-9-22(10-12-23)18-7-5-4-6-8-18/h4-8,13-14H,9-12H2,1-3H3,(H,21,24). The van der Waals surface area contributed by atoms with E-state index < -0.39 is 0 Å². The van der Waals surface area contributed by atoms with E-state index in [1.54, 1.807) is 0 Å². The van der Waals surface area contributed by atoms with E-state index in [1.165, 1.54) is 16.8 Å². The maximum Gasteiger partial charge on any atom is 0.321 e. The lowest BCUT2D eigenvalue weighted by Gasteiger charge is -2.36. The first-order chi connectivity index (χ1) is 11.5. The molecule has 0 spiro atoms. The Balaban J connectivity index is 1.61. The first kappa shape index (κ1) is 16.4. The van der Waals surface area contributed by atoms with Crippen LogP contribution >= 0.6 is 0 Å². The number of nitrogens with zero attached hydrogens (tertiary/aromatic N) is 2. The number of para-hydroxylation sites is 1. The average Bonchev–Trinajstić information content (AvgIpc) is 2.60. The number of piperazine rings is 1. The highest BCUT2D eigenvalue weighted by Gasteiger charge is 2.21. The summed E-state index contributed by atoms with van der Waals surface area (Å²) in [7, 11) is 0. The van der Waals surface area contributed by atoms with Gasteiger partial charge in [-0.1, -0.05) is 24.3 Å². The van der Waals surface area contributed by atoms with Crippen molar-refractivity contribution in [2.75, 3.05) is 36.4 Å². The molecule has 1 saturated heterocycles. The highest BCUT2D eigenvalue weighted by Crippen LogP contribution is 2.21. The largest absolute Gasteiger partial charge is 0.368 e. The van der Waals surface area contributed by atoms with Crippen LogP contribution in [0.25, 0.3) is 0 Å². The van der Waals surface area contributed by atoms with E-state index in [0.29, 0.717) is 0 Å². The number of urea groups is 1. The van der Waals surface area contributed by atoms with Gasteiger partial charge in [-0.05, 0) is 55.7 Å². The molecule has 0 unspecified atom stereocenters. The van der Waals surface area contributed by atoms with Gasteiger partial charge < -0.3 is 15.1 Å². The van der Waals surface area contributed by atoms with E-state index in [0.717, 1.165) is 37.4 Å². The molecule has 1 aliphatic heterocycles. The van der Waals surface area contributed by atoms with Crippen LogP contribution in [-0.2, 0) is 0 Å². The second kappa shape index (κ2) is 6.95. The summed E-state index contributed by atoms with van der Waals surface area (Å²) in [6, 6.07) is 14.5. The highest BCUT2D eigenvalue weighted by atomic mass is 16.2. The Kier molecular flexibility index (Phi) is 4.74. The third kappa shape index (κ3) is 3.53. The van der Waals surface area contributed by atoms with Crippen LogP contribution < -0.4 is 10.2 Å². The summed E-state index contributed by atoms with van der Waals surface area (Å²) in [6.45, 7) is 9.41. The lowest BCUT2D eigenvalue weighted by atomic mass is 10.1. The topological polar surface area (TPSA) is 35.6 Å². The van der Waals surface area contributed by atoms with Gasteiger partial charge in [0.05, 0.1) is 0 Å². The Morgan fingerprint density at radius 3 is 2.17 bits per heavy atom. The maximum absolute atomic E-state index is 12.6. The minimum Gasteiger partial charge on any atom is -0.368 e. The minimum absolute atomic E-state index is 0.00550. The predicted octanol–water partition coefficient (Wildman–Crippen LogP) is 3.97. The van der Waals surface area contributed by atoms with Gasteiger partial charge in [0.15, 0.2) is 0 Å². The molecule has 1 N–H and O–H groups in total. The van der Waals surface area contributed by atoms with E-state index in [9.17, 15) is 4.79 Å². The van der Waals surface area contributed by atoms with Crippen LogP contribution in [0.5, 0.6) is 0 Å². The zero-order chi connectivity index (χ0) is 17.1. The number of hydrogen-bond donors (Lipinski definition) is 1. The summed E-state index contributed by atoms with van der Waals surface area (Å²) in [5, 5.41) is 3.07. The summed E-state index contributed by atoms with van der Waals surface area (Å²) >= 11 is 0. The fourth-order valence-corrected chi connectivity index (χ4v) is 3.10. The Hall–Kier alpha value is -2.49. The van der Waals surface area contributed by atoms with Crippen LogP contribution in [0.1, 0.15) is 16.7 Å². The van der Waals surface area contributed by atoms with Crippen molar-refractivity contribution in [2.24, 2.45) is 0 Å². The second-order valence-corrected chi connectivity index (χ2v) is 6.49. The molecule has 2 aromatic carbocycles. The van der Waals surface area contributed by atoms with Crippen LogP contribution in [0.2, 0.25) is 0 Å².